The van der Waals surface area contributed by atoms with Crippen molar-refractivity contribution in [2.45, 2.75) is 6.42 Å². The van der Waals surface area contributed by atoms with Gasteiger partial charge in [-0.1, -0.05) is 41.5 Å². The molecule has 84 valence electrons. The Hall–Kier alpha value is -2.32. The van der Waals surface area contributed by atoms with E-state index in [4.69, 9.17) is 5.53 Å². The van der Waals surface area contributed by atoms with Crippen molar-refractivity contribution in [2.75, 3.05) is 6.54 Å². The van der Waals surface area contributed by atoms with Gasteiger partial charge in [-0.3, -0.25) is 4.79 Å². The van der Waals surface area contributed by atoms with Crippen molar-refractivity contribution in [1.29, 1.82) is 0 Å². The molecule has 0 bridgehead atoms. The van der Waals surface area contributed by atoms with Crippen molar-refractivity contribution in [3.63, 3.8) is 0 Å². The summed E-state index contributed by atoms with van der Waals surface area (Å²) >= 11 is 0. The standard InChI is InChI=1S/C13H11N3O/c14-16-15-8-7-13(17)12-6-5-10-3-1-2-4-11(10)9-12/h1-6,9H,7-8H2. The molecule has 2 rings (SSSR count). The van der Waals surface area contributed by atoms with Gasteiger partial charge in [-0.25, -0.2) is 0 Å². The van der Waals surface area contributed by atoms with Gasteiger partial charge in [-0.2, -0.15) is 0 Å². The highest BCUT2D eigenvalue weighted by molar-refractivity contribution is 6.00. The maximum atomic E-state index is 11.8. The summed E-state index contributed by atoms with van der Waals surface area (Å²) in [5, 5.41) is 5.51. The Morgan fingerprint density at radius 2 is 1.94 bits per heavy atom. The summed E-state index contributed by atoms with van der Waals surface area (Å²) in [6, 6.07) is 13.5. The van der Waals surface area contributed by atoms with Gasteiger partial charge in [0.15, 0.2) is 5.78 Å². The van der Waals surface area contributed by atoms with Crippen LogP contribution in [0.1, 0.15) is 16.8 Å². The minimum absolute atomic E-state index is 0.00292. The first kappa shape index (κ1) is 11.2. The van der Waals surface area contributed by atoms with Crippen molar-refractivity contribution >= 4 is 16.6 Å². The lowest BCUT2D eigenvalue weighted by Gasteiger charge is -2.01. The zero-order valence-corrected chi connectivity index (χ0v) is 9.21. The van der Waals surface area contributed by atoms with Crippen molar-refractivity contribution in [1.82, 2.24) is 0 Å². The monoisotopic (exact) mass is 225 g/mol. The maximum absolute atomic E-state index is 11.8. The van der Waals surface area contributed by atoms with Crippen LogP contribution in [-0.4, -0.2) is 12.3 Å². The average molecular weight is 225 g/mol. The van der Waals surface area contributed by atoms with Crippen LogP contribution in [0.2, 0.25) is 0 Å². The third-order valence-electron chi connectivity index (χ3n) is 2.57. The van der Waals surface area contributed by atoms with Crippen LogP contribution in [-0.2, 0) is 0 Å². The van der Waals surface area contributed by atoms with Crippen LogP contribution in [0.3, 0.4) is 0 Å². The Bertz CT molecular complexity index is 600. The molecule has 2 aromatic rings. The molecule has 4 heteroatoms. The molecular weight excluding hydrogens is 214 g/mol. The molecule has 2 aromatic carbocycles. The SMILES string of the molecule is [N-]=[N+]=NCCC(=O)c1ccc2ccccc2c1. The second-order valence-corrected chi connectivity index (χ2v) is 3.69. The summed E-state index contributed by atoms with van der Waals surface area (Å²) in [7, 11) is 0. The van der Waals surface area contributed by atoms with E-state index in [-0.39, 0.29) is 18.7 Å². The predicted molar refractivity (Wildman–Crippen MR) is 66.9 cm³/mol. The van der Waals surface area contributed by atoms with Gasteiger partial charge in [0.2, 0.25) is 0 Å². The van der Waals surface area contributed by atoms with E-state index in [1.54, 1.807) is 6.07 Å². The zero-order valence-electron chi connectivity index (χ0n) is 9.21. The normalized spacial score (nSPS) is 9.88. The molecule has 0 N–H and O–H groups in total. The molecule has 0 aliphatic rings. The summed E-state index contributed by atoms with van der Waals surface area (Å²) in [6.07, 6.45) is 0.252. The van der Waals surface area contributed by atoms with Crippen LogP contribution in [0.5, 0.6) is 0 Å². The number of Topliss-reactive ketones (excluding diaryl/α,β-unsaturated/α-hetero) is 1. The molecule has 0 atom stereocenters. The van der Waals surface area contributed by atoms with E-state index in [2.05, 4.69) is 10.0 Å². The fourth-order valence-corrected chi connectivity index (χ4v) is 1.70. The van der Waals surface area contributed by atoms with Gasteiger partial charge >= 0.3 is 0 Å². The Balaban J connectivity index is 2.23. The first-order valence-electron chi connectivity index (χ1n) is 5.34. The molecule has 0 aliphatic carbocycles. The maximum Gasteiger partial charge on any atom is 0.163 e. The second kappa shape index (κ2) is 5.14. The lowest BCUT2D eigenvalue weighted by atomic mass is 10.0. The third kappa shape index (κ3) is 2.62. The molecule has 0 heterocycles. The number of hydrogen-bond acceptors (Lipinski definition) is 2. The highest BCUT2D eigenvalue weighted by Crippen LogP contribution is 2.16. The highest BCUT2D eigenvalue weighted by atomic mass is 16.1. The van der Waals surface area contributed by atoms with Crippen LogP contribution in [0.4, 0.5) is 0 Å². The zero-order chi connectivity index (χ0) is 12.1. The van der Waals surface area contributed by atoms with Gasteiger partial charge in [-0.05, 0) is 22.4 Å². The second-order valence-electron chi connectivity index (χ2n) is 3.69. The lowest BCUT2D eigenvalue weighted by Crippen LogP contribution is -2.00. The lowest BCUT2D eigenvalue weighted by molar-refractivity contribution is 0.0985. The van der Waals surface area contributed by atoms with E-state index in [1.165, 1.54) is 0 Å². The quantitative estimate of drug-likeness (QED) is 0.338. The molecule has 0 aliphatic heterocycles. The van der Waals surface area contributed by atoms with Crippen LogP contribution >= 0.6 is 0 Å². The van der Waals surface area contributed by atoms with Crippen molar-refractivity contribution in [2.24, 2.45) is 5.11 Å². The van der Waals surface area contributed by atoms with E-state index in [1.807, 2.05) is 36.4 Å². The van der Waals surface area contributed by atoms with E-state index in [0.29, 0.717) is 5.56 Å². The third-order valence-corrected chi connectivity index (χ3v) is 2.57. The predicted octanol–water partition coefficient (Wildman–Crippen LogP) is 3.72. The molecule has 0 saturated heterocycles. The molecule has 0 saturated carbocycles. The summed E-state index contributed by atoms with van der Waals surface area (Å²) in [6.45, 7) is 0.210. The van der Waals surface area contributed by atoms with Gasteiger partial charge in [0.05, 0.1) is 0 Å². The fourth-order valence-electron chi connectivity index (χ4n) is 1.70. The minimum Gasteiger partial charge on any atom is -0.294 e. The molecule has 0 fully saturated rings. The van der Waals surface area contributed by atoms with E-state index in [0.717, 1.165) is 10.8 Å². The molecule has 0 spiro atoms. The van der Waals surface area contributed by atoms with Gasteiger partial charge in [0.25, 0.3) is 0 Å². The van der Waals surface area contributed by atoms with Gasteiger partial charge in [-0.15, -0.1) is 0 Å². The minimum atomic E-state index is 0.00292. The van der Waals surface area contributed by atoms with E-state index in [9.17, 15) is 4.79 Å². The number of azide groups is 1. The molecular formula is C13H11N3O. The highest BCUT2D eigenvalue weighted by Gasteiger charge is 2.05. The van der Waals surface area contributed by atoms with Crippen molar-refractivity contribution in [3.05, 3.63) is 58.5 Å². The topological polar surface area (TPSA) is 65.8 Å². The smallest absolute Gasteiger partial charge is 0.163 e. The summed E-state index contributed by atoms with van der Waals surface area (Å²) < 4.78 is 0. The number of fused-ring (bicyclic) bond motifs is 1. The molecule has 0 radical (unpaired) electrons. The molecule has 0 amide bonds. The number of carbonyl (C=O) groups is 1. The number of rotatable bonds is 4. The summed E-state index contributed by atoms with van der Waals surface area (Å²) in [5.41, 5.74) is 8.80. The Kier molecular flexibility index (Phi) is 3.38. The number of carbonyl (C=O) groups excluding carboxylic acids is 1. The molecule has 4 nitrogen and oxygen atoms in total. The van der Waals surface area contributed by atoms with Crippen LogP contribution < -0.4 is 0 Å². The first-order chi connectivity index (χ1) is 8.31. The summed E-state index contributed by atoms with van der Waals surface area (Å²) in [4.78, 5) is 14.4. The number of ketones is 1. The largest absolute Gasteiger partial charge is 0.294 e. The van der Waals surface area contributed by atoms with Crippen molar-refractivity contribution in [3.8, 4) is 0 Å². The molecule has 17 heavy (non-hydrogen) atoms. The van der Waals surface area contributed by atoms with Crippen LogP contribution in [0.25, 0.3) is 21.2 Å². The number of hydrogen-bond donors (Lipinski definition) is 0. The Morgan fingerprint density at radius 3 is 2.71 bits per heavy atom. The van der Waals surface area contributed by atoms with Gasteiger partial charge in [0, 0.05) is 23.4 Å². The molecule has 0 aromatic heterocycles. The van der Waals surface area contributed by atoms with Gasteiger partial charge < -0.3 is 0 Å². The van der Waals surface area contributed by atoms with Gasteiger partial charge in [0.1, 0.15) is 0 Å². The molecule has 0 unspecified atom stereocenters. The Labute approximate surface area is 98.5 Å². The fraction of sp³-hybridized carbons (Fsp3) is 0.154. The summed E-state index contributed by atoms with van der Waals surface area (Å²) in [5.74, 6) is 0.00292. The van der Waals surface area contributed by atoms with E-state index < -0.39 is 0 Å². The Morgan fingerprint density at radius 1 is 1.18 bits per heavy atom. The number of nitrogens with zero attached hydrogens (tertiary/aromatic N) is 3. The average Bonchev–Trinajstić information content (AvgIpc) is 2.38. The van der Waals surface area contributed by atoms with Crippen molar-refractivity contribution < 1.29 is 4.79 Å². The van der Waals surface area contributed by atoms with Crippen LogP contribution in [0, 0.1) is 0 Å². The number of benzene rings is 2. The van der Waals surface area contributed by atoms with E-state index >= 15 is 0 Å². The van der Waals surface area contributed by atoms with Crippen LogP contribution in [0.15, 0.2) is 47.6 Å². The first-order valence-corrected chi connectivity index (χ1v) is 5.34.